The topological polar surface area (TPSA) is 82.5 Å². The van der Waals surface area contributed by atoms with Gasteiger partial charge in [-0.3, -0.25) is 4.79 Å². The number of benzene rings is 2. The largest absolute Gasteiger partial charge is 0.465 e. The number of carbonyl (C=O) groups excluding carboxylic acids is 2. The second-order valence-corrected chi connectivity index (χ2v) is 7.84. The summed E-state index contributed by atoms with van der Waals surface area (Å²) in [6.45, 7) is 1.60. The van der Waals surface area contributed by atoms with Crippen LogP contribution in [-0.4, -0.2) is 34.9 Å². The van der Waals surface area contributed by atoms with Crippen LogP contribution < -0.4 is 10.1 Å². The van der Waals surface area contributed by atoms with Gasteiger partial charge in [-0.25, -0.2) is 18.3 Å². The fourth-order valence-corrected chi connectivity index (χ4v) is 3.45. The Bertz CT molecular complexity index is 1240. The molecule has 0 spiro atoms. The van der Waals surface area contributed by atoms with Gasteiger partial charge in [0.2, 0.25) is 5.88 Å². The molecule has 0 aliphatic heterocycles. The SMILES string of the molecule is COC(=O)c1ccc(C(C)NC(=O)c2c(C(F)F)nn(C)c2Oc2cccc(CC(F)(F)F)c2)cc1. The zero-order chi connectivity index (χ0) is 26.6. The number of methoxy groups -OCH3 is 1. The fraction of sp³-hybridized carbons (Fsp3) is 0.292. The number of aryl methyl sites for hydroxylation is 1. The molecule has 192 valence electrons. The molecule has 3 rings (SSSR count). The fourth-order valence-electron chi connectivity index (χ4n) is 3.45. The summed E-state index contributed by atoms with van der Waals surface area (Å²) >= 11 is 0. The number of ether oxygens (including phenoxy) is 2. The molecule has 1 heterocycles. The molecule has 1 aromatic heterocycles. The summed E-state index contributed by atoms with van der Waals surface area (Å²) in [6.07, 6.45) is -8.79. The molecule has 12 heteroatoms. The van der Waals surface area contributed by atoms with E-state index in [-0.39, 0.29) is 22.8 Å². The minimum Gasteiger partial charge on any atom is -0.465 e. The third-order valence-corrected chi connectivity index (χ3v) is 5.15. The quantitative estimate of drug-likeness (QED) is 0.318. The molecule has 7 nitrogen and oxygen atoms in total. The average molecular weight is 511 g/mol. The van der Waals surface area contributed by atoms with E-state index in [1.165, 1.54) is 44.5 Å². The molecule has 1 N–H and O–H groups in total. The number of hydrogen-bond acceptors (Lipinski definition) is 5. The van der Waals surface area contributed by atoms with Crippen LogP contribution in [0.2, 0.25) is 0 Å². The van der Waals surface area contributed by atoms with Crippen molar-refractivity contribution in [2.75, 3.05) is 7.11 Å². The molecule has 0 radical (unpaired) electrons. The zero-order valence-corrected chi connectivity index (χ0v) is 19.4. The molecule has 0 saturated carbocycles. The standard InChI is InChI=1S/C24H22F5N3O4/c1-13(15-7-9-16(10-8-15)23(34)35-3)30-21(33)18-19(20(25)26)31-32(2)22(18)36-17-6-4-5-14(11-17)12-24(27,28)29/h4-11,13,20H,12H2,1-3H3,(H,30,33). The molecule has 3 aromatic rings. The molecule has 0 aliphatic rings. The Morgan fingerprint density at radius 2 is 1.78 bits per heavy atom. The molecule has 0 saturated heterocycles. The first-order valence-corrected chi connectivity index (χ1v) is 10.6. The molecule has 2 aromatic carbocycles. The van der Waals surface area contributed by atoms with Gasteiger partial charge in [-0.05, 0) is 42.3 Å². The third kappa shape index (κ3) is 6.37. The molecule has 0 bridgehead atoms. The molecule has 36 heavy (non-hydrogen) atoms. The number of esters is 1. The number of rotatable bonds is 8. The van der Waals surface area contributed by atoms with E-state index < -0.39 is 48.2 Å². The normalized spacial score (nSPS) is 12.4. The molecular weight excluding hydrogens is 489 g/mol. The number of nitrogens with zero attached hydrogens (tertiary/aromatic N) is 2. The second-order valence-electron chi connectivity index (χ2n) is 7.84. The monoisotopic (exact) mass is 511 g/mol. The number of aromatic nitrogens is 2. The van der Waals surface area contributed by atoms with Crippen molar-refractivity contribution in [2.45, 2.75) is 32.0 Å². The summed E-state index contributed by atoms with van der Waals surface area (Å²) in [4.78, 5) is 24.6. The number of amides is 1. The van der Waals surface area contributed by atoms with Gasteiger partial charge in [-0.1, -0.05) is 24.3 Å². The molecular formula is C24H22F5N3O4. The van der Waals surface area contributed by atoms with Crippen molar-refractivity contribution in [3.8, 4) is 11.6 Å². The van der Waals surface area contributed by atoms with Gasteiger partial charge >= 0.3 is 12.1 Å². The van der Waals surface area contributed by atoms with Crippen LogP contribution in [0.3, 0.4) is 0 Å². The molecule has 1 amide bonds. The summed E-state index contributed by atoms with van der Waals surface area (Å²) in [6, 6.07) is 10.4. The minimum absolute atomic E-state index is 0.0823. The van der Waals surface area contributed by atoms with E-state index in [4.69, 9.17) is 4.74 Å². The van der Waals surface area contributed by atoms with Crippen LogP contribution in [-0.2, 0) is 18.2 Å². The van der Waals surface area contributed by atoms with Gasteiger partial charge in [0.25, 0.3) is 12.3 Å². The maximum atomic E-state index is 13.7. The van der Waals surface area contributed by atoms with Crippen LogP contribution in [0, 0.1) is 0 Å². The number of alkyl halides is 5. The molecule has 1 atom stereocenters. The lowest BCUT2D eigenvalue weighted by atomic mass is 10.1. The summed E-state index contributed by atoms with van der Waals surface area (Å²) in [5.41, 5.74) is -0.640. The zero-order valence-electron chi connectivity index (χ0n) is 19.4. The number of hydrogen-bond donors (Lipinski definition) is 1. The number of halogens is 5. The van der Waals surface area contributed by atoms with E-state index >= 15 is 0 Å². The van der Waals surface area contributed by atoms with Crippen molar-refractivity contribution in [1.82, 2.24) is 15.1 Å². The predicted octanol–water partition coefficient (Wildman–Crippen LogP) is 5.53. The second kappa shape index (κ2) is 10.8. The summed E-state index contributed by atoms with van der Waals surface area (Å²) < 4.78 is 76.8. The number of carbonyl (C=O) groups is 2. The van der Waals surface area contributed by atoms with Gasteiger partial charge in [0.05, 0.1) is 25.1 Å². The lowest BCUT2D eigenvalue weighted by Crippen LogP contribution is -2.27. The Balaban J connectivity index is 1.88. The summed E-state index contributed by atoms with van der Waals surface area (Å²) in [5, 5.41) is 6.26. The maximum absolute atomic E-state index is 13.7. The van der Waals surface area contributed by atoms with Gasteiger partial charge in [-0.2, -0.15) is 18.3 Å². The van der Waals surface area contributed by atoms with Crippen molar-refractivity contribution in [2.24, 2.45) is 7.05 Å². The van der Waals surface area contributed by atoms with E-state index in [9.17, 15) is 31.5 Å². The van der Waals surface area contributed by atoms with Crippen LogP contribution in [0.4, 0.5) is 22.0 Å². The Kier molecular flexibility index (Phi) is 7.96. The first kappa shape index (κ1) is 26.6. The van der Waals surface area contributed by atoms with E-state index in [0.29, 0.717) is 5.56 Å². The van der Waals surface area contributed by atoms with Crippen LogP contribution >= 0.6 is 0 Å². The van der Waals surface area contributed by atoms with E-state index in [1.54, 1.807) is 19.1 Å². The molecule has 1 unspecified atom stereocenters. The minimum atomic E-state index is -4.45. The van der Waals surface area contributed by atoms with Gasteiger partial charge in [0.1, 0.15) is 17.0 Å². The Hall–Kier alpha value is -3.96. The van der Waals surface area contributed by atoms with Gasteiger partial charge < -0.3 is 14.8 Å². The Morgan fingerprint density at radius 3 is 2.36 bits per heavy atom. The predicted molar refractivity (Wildman–Crippen MR) is 118 cm³/mol. The third-order valence-electron chi connectivity index (χ3n) is 5.15. The van der Waals surface area contributed by atoms with Crippen molar-refractivity contribution in [3.05, 3.63) is 76.5 Å². The molecule has 0 aliphatic carbocycles. The van der Waals surface area contributed by atoms with Crippen molar-refractivity contribution < 1.29 is 41.0 Å². The van der Waals surface area contributed by atoms with Crippen LogP contribution in [0.1, 0.15) is 56.9 Å². The van der Waals surface area contributed by atoms with Crippen molar-refractivity contribution in [1.29, 1.82) is 0 Å². The van der Waals surface area contributed by atoms with E-state index in [0.717, 1.165) is 10.7 Å². The average Bonchev–Trinajstić information content (AvgIpc) is 3.14. The Morgan fingerprint density at radius 1 is 1.11 bits per heavy atom. The lowest BCUT2D eigenvalue weighted by molar-refractivity contribution is -0.127. The highest BCUT2D eigenvalue weighted by atomic mass is 19.4. The van der Waals surface area contributed by atoms with Crippen molar-refractivity contribution >= 4 is 11.9 Å². The highest BCUT2D eigenvalue weighted by molar-refractivity contribution is 5.98. The molecule has 0 fully saturated rings. The summed E-state index contributed by atoms with van der Waals surface area (Å²) in [7, 11) is 2.51. The van der Waals surface area contributed by atoms with Crippen LogP contribution in [0.15, 0.2) is 48.5 Å². The van der Waals surface area contributed by atoms with Gasteiger partial charge in [-0.15, -0.1) is 0 Å². The Labute approximate surface area is 202 Å². The summed E-state index contributed by atoms with van der Waals surface area (Å²) in [5.74, 6) is -1.91. The highest BCUT2D eigenvalue weighted by Crippen LogP contribution is 2.33. The highest BCUT2D eigenvalue weighted by Gasteiger charge is 2.31. The first-order valence-electron chi connectivity index (χ1n) is 10.6. The van der Waals surface area contributed by atoms with E-state index in [2.05, 4.69) is 15.2 Å². The first-order chi connectivity index (χ1) is 16.9. The van der Waals surface area contributed by atoms with Crippen molar-refractivity contribution in [3.63, 3.8) is 0 Å². The van der Waals surface area contributed by atoms with Crippen LogP contribution in [0.25, 0.3) is 0 Å². The number of nitrogens with one attached hydrogen (secondary N) is 1. The lowest BCUT2D eigenvalue weighted by Gasteiger charge is -2.16. The smallest absolute Gasteiger partial charge is 0.393 e. The van der Waals surface area contributed by atoms with Gasteiger partial charge in [0, 0.05) is 7.05 Å². The van der Waals surface area contributed by atoms with Crippen LogP contribution in [0.5, 0.6) is 11.6 Å². The van der Waals surface area contributed by atoms with Gasteiger partial charge in [0.15, 0.2) is 0 Å². The maximum Gasteiger partial charge on any atom is 0.393 e. The van der Waals surface area contributed by atoms with E-state index in [1.807, 2.05) is 0 Å².